The topological polar surface area (TPSA) is 9.23 Å². The van der Waals surface area contributed by atoms with Crippen molar-refractivity contribution in [1.29, 1.82) is 0 Å². The molecule has 1 aromatic rings. The van der Waals surface area contributed by atoms with Crippen molar-refractivity contribution in [3.05, 3.63) is 29.3 Å². The minimum Gasteiger partial charge on any atom is -0.488 e. The minimum absolute atomic E-state index is 0.201. The predicted molar refractivity (Wildman–Crippen MR) is 59.0 cm³/mol. The van der Waals surface area contributed by atoms with Crippen LogP contribution in [0.2, 0.25) is 0 Å². The average Bonchev–Trinajstić information content (AvgIpc) is 2.27. The second-order valence-corrected chi connectivity index (χ2v) is 3.23. The summed E-state index contributed by atoms with van der Waals surface area (Å²) in [5.74, 6) is -0.201. The highest BCUT2D eigenvalue weighted by atomic mass is 19.4. The number of alkyl halides is 5. The van der Waals surface area contributed by atoms with Gasteiger partial charge in [-0.25, -0.2) is 8.78 Å². The van der Waals surface area contributed by atoms with Gasteiger partial charge in [0.25, 0.3) is 6.43 Å². The van der Waals surface area contributed by atoms with Crippen LogP contribution in [0, 0.1) is 6.92 Å². The molecule has 0 spiro atoms. The zero-order valence-electron chi connectivity index (χ0n) is 10.3. The van der Waals surface area contributed by atoms with Crippen molar-refractivity contribution in [2.75, 3.05) is 6.61 Å². The zero-order valence-corrected chi connectivity index (χ0v) is 10.3. The van der Waals surface area contributed by atoms with E-state index in [0.29, 0.717) is 11.6 Å². The van der Waals surface area contributed by atoms with Crippen LogP contribution in [0.3, 0.4) is 0 Å². The van der Waals surface area contributed by atoms with E-state index in [9.17, 15) is 22.0 Å². The number of hydrogen-bond acceptors (Lipinski definition) is 1. The summed E-state index contributed by atoms with van der Waals surface area (Å²) < 4.78 is 65.2. The van der Waals surface area contributed by atoms with E-state index in [1.165, 1.54) is 13.0 Å². The number of benzene rings is 1. The molecular formula is C12H15F5O. The summed E-state index contributed by atoms with van der Waals surface area (Å²) in [4.78, 5) is 0. The summed E-state index contributed by atoms with van der Waals surface area (Å²) in [6, 6.07) is 2.90. The summed E-state index contributed by atoms with van der Waals surface area (Å²) in [6.45, 7) is 4.52. The lowest BCUT2D eigenvalue weighted by molar-refractivity contribution is -0.137. The number of halogens is 5. The van der Waals surface area contributed by atoms with E-state index in [4.69, 9.17) is 0 Å². The van der Waals surface area contributed by atoms with Gasteiger partial charge in [0.05, 0.1) is 5.56 Å². The highest BCUT2D eigenvalue weighted by Gasteiger charge is 2.31. The van der Waals surface area contributed by atoms with Crippen LogP contribution in [0.5, 0.6) is 5.75 Å². The first-order chi connectivity index (χ1) is 8.29. The molecule has 0 radical (unpaired) electrons. The normalized spacial score (nSPS) is 10.9. The van der Waals surface area contributed by atoms with Crippen LogP contribution in [-0.2, 0) is 6.18 Å². The summed E-state index contributed by atoms with van der Waals surface area (Å²) in [7, 11) is 0. The SMILES string of the molecule is CC.Cc1cc(OCC(F)F)cc(C(F)(F)F)c1. The maximum atomic E-state index is 12.3. The second kappa shape index (κ2) is 7.18. The molecule has 0 saturated heterocycles. The maximum Gasteiger partial charge on any atom is 0.416 e. The van der Waals surface area contributed by atoms with Crippen molar-refractivity contribution in [2.24, 2.45) is 0 Å². The fraction of sp³-hybridized carbons (Fsp3) is 0.500. The molecule has 0 amide bonds. The molecule has 0 aromatic heterocycles. The molecule has 0 aliphatic rings. The monoisotopic (exact) mass is 270 g/mol. The molecule has 0 atom stereocenters. The first-order valence-corrected chi connectivity index (χ1v) is 5.39. The Morgan fingerprint density at radius 2 is 1.67 bits per heavy atom. The Morgan fingerprint density at radius 1 is 1.11 bits per heavy atom. The zero-order chi connectivity index (χ0) is 14.3. The largest absolute Gasteiger partial charge is 0.488 e. The molecule has 1 aromatic carbocycles. The first kappa shape index (κ1) is 16.7. The Labute approximate surface area is 103 Å². The lowest BCUT2D eigenvalue weighted by Gasteiger charge is -2.11. The van der Waals surface area contributed by atoms with Gasteiger partial charge in [0.2, 0.25) is 0 Å². The van der Waals surface area contributed by atoms with Gasteiger partial charge in [0, 0.05) is 0 Å². The molecule has 104 valence electrons. The molecule has 0 fully saturated rings. The van der Waals surface area contributed by atoms with Crippen LogP contribution in [0.25, 0.3) is 0 Å². The van der Waals surface area contributed by atoms with Gasteiger partial charge in [0.15, 0.2) is 0 Å². The van der Waals surface area contributed by atoms with E-state index in [-0.39, 0.29) is 5.75 Å². The average molecular weight is 270 g/mol. The van der Waals surface area contributed by atoms with Crippen molar-refractivity contribution >= 4 is 0 Å². The van der Waals surface area contributed by atoms with Crippen LogP contribution in [0.4, 0.5) is 22.0 Å². The highest BCUT2D eigenvalue weighted by Crippen LogP contribution is 2.32. The first-order valence-electron chi connectivity index (χ1n) is 5.39. The Bertz CT molecular complexity index is 360. The molecule has 0 bridgehead atoms. The van der Waals surface area contributed by atoms with Gasteiger partial charge in [0.1, 0.15) is 12.4 Å². The minimum atomic E-state index is -4.50. The summed E-state index contributed by atoms with van der Waals surface area (Å²) >= 11 is 0. The number of rotatable bonds is 3. The van der Waals surface area contributed by atoms with Crippen LogP contribution in [0.15, 0.2) is 18.2 Å². The molecule has 1 rings (SSSR count). The molecule has 0 unspecified atom stereocenters. The smallest absolute Gasteiger partial charge is 0.416 e. The Morgan fingerprint density at radius 3 is 2.11 bits per heavy atom. The number of aryl methyl sites for hydroxylation is 1. The van der Waals surface area contributed by atoms with Gasteiger partial charge in [-0.3, -0.25) is 0 Å². The number of hydrogen-bond donors (Lipinski definition) is 0. The molecule has 0 aliphatic heterocycles. The van der Waals surface area contributed by atoms with E-state index in [2.05, 4.69) is 4.74 Å². The summed E-state index contributed by atoms with van der Waals surface area (Å²) in [6.07, 6.45) is -7.22. The van der Waals surface area contributed by atoms with E-state index in [1.54, 1.807) is 0 Å². The lowest BCUT2D eigenvalue weighted by atomic mass is 10.1. The highest BCUT2D eigenvalue weighted by molar-refractivity contribution is 5.35. The molecule has 1 nitrogen and oxygen atoms in total. The van der Waals surface area contributed by atoms with E-state index in [1.807, 2.05) is 13.8 Å². The van der Waals surface area contributed by atoms with Crippen LogP contribution < -0.4 is 4.74 Å². The van der Waals surface area contributed by atoms with Crippen LogP contribution in [-0.4, -0.2) is 13.0 Å². The van der Waals surface area contributed by atoms with Crippen LogP contribution in [0.1, 0.15) is 25.0 Å². The molecule has 0 N–H and O–H groups in total. The molecule has 0 saturated carbocycles. The summed E-state index contributed by atoms with van der Waals surface area (Å²) in [5, 5.41) is 0. The van der Waals surface area contributed by atoms with E-state index < -0.39 is 24.8 Å². The quantitative estimate of drug-likeness (QED) is 0.724. The van der Waals surface area contributed by atoms with Gasteiger partial charge in [-0.15, -0.1) is 0 Å². The Hall–Kier alpha value is -1.33. The van der Waals surface area contributed by atoms with Crippen molar-refractivity contribution < 1.29 is 26.7 Å². The van der Waals surface area contributed by atoms with Gasteiger partial charge in [-0.05, 0) is 30.7 Å². The third-order valence-electron chi connectivity index (χ3n) is 1.75. The van der Waals surface area contributed by atoms with Crippen molar-refractivity contribution in [1.82, 2.24) is 0 Å². The van der Waals surface area contributed by atoms with Gasteiger partial charge < -0.3 is 4.74 Å². The Kier molecular flexibility index (Phi) is 6.65. The second-order valence-electron chi connectivity index (χ2n) is 3.23. The Balaban J connectivity index is 0.00000137. The van der Waals surface area contributed by atoms with Gasteiger partial charge in [-0.2, -0.15) is 13.2 Å². The molecule has 18 heavy (non-hydrogen) atoms. The molecule has 6 heteroatoms. The van der Waals surface area contributed by atoms with E-state index in [0.717, 1.165) is 6.07 Å². The van der Waals surface area contributed by atoms with E-state index >= 15 is 0 Å². The fourth-order valence-electron chi connectivity index (χ4n) is 1.15. The maximum absolute atomic E-state index is 12.3. The third-order valence-corrected chi connectivity index (χ3v) is 1.75. The third kappa shape index (κ3) is 5.84. The van der Waals surface area contributed by atoms with Crippen molar-refractivity contribution in [3.63, 3.8) is 0 Å². The van der Waals surface area contributed by atoms with Gasteiger partial charge in [-0.1, -0.05) is 13.8 Å². The molecule has 0 heterocycles. The van der Waals surface area contributed by atoms with Crippen molar-refractivity contribution in [3.8, 4) is 5.75 Å². The summed E-state index contributed by atoms with van der Waals surface area (Å²) in [5.41, 5.74) is -0.601. The predicted octanol–water partition coefficient (Wildman–Crippen LogP) is 4.68. The lowest BCUT2D eigenvalue weighted by Crippen LogP contribution is -2.09. The van der Waals surface area contributed by atoms with Gasteiger partial charge >= 0.3 is 6.18 Å². The standard InChI is InChI=1S/C10H9F5O.C2H6/c1-6-2-7(10(13,14)15)4-8(3-6)16-5-9(11)12;1-2/h2-4,9H,5H2,1H3;1-2H3. The fourth-order valence-corrected chi connectivity index (χ4v) is 1.15. The van der Waals surface area contributed by atoms with Crippen molar-refractivity contribution in [2.45, 2.75) is 33.4 Å². The van der Waals surface area contributed by atoms with Crippen LogP contribution >= 0.6 is 0 Å². The number of ether oxygens (including phenoxy) is 1. The molecular weight excluding hydrogens is 255 g/mol. The molecule has 0 aliphatic carbocycles.